The highest BCUT2D eigenvalue weighted by molar-refractivity contribution is 5.93. The summed E-state index contributed by atoms with van der Waals surface area (Å²) in [6, 6.07) is 22.4. The molecule has 1 amide bonds. The van der Waals surface area contributed by atoms with E-state index >= 15 is 0 Å². The zero-order valence-corrected chi connectivity index (χ0v) is 14.6. The molecule has 26 heavy (non-hydrogen) atoms. The average molecular weight is 347 g/mol. The van der Waals surface area contributed by atoms with E-state index in [0.717, 1.165) is 11.1 Å². The maximum Gasteiger partial charge on any atom is 0.242 e. The van der Waals surface area contributed by atoms with Crippen molar-refractivity contribution in [2.24, 2.45) is 5.73 Å². The Kier molecular flexibility index (Phi) is 5.61. The molecule has 0 fully saturated rings. The summed E-state index contributed by atoms with van der Waals surface area (Å²) < 4.78 is 5.98. The van der Waals surface area contributed by atoms with Crippen molar-refractivity contribution in [3.8, 4) is 22.8 Å². The van der Waals surface area contributed by atoms with E-state index in [2.05, 4.69) is 10.3 Å². The molecule has 0 saturated heterocycles. The van der Waals surface area contributed by atoms with E-state index in [9.17, 15) is 4.79 Å². The van der Waals surface area contributed by atoms with Crippen molar-refractivity contribution in [3.05, 3.63) is 72.8 Å². The van der Waals surface area contributed by atoms with Crippen molar-refractivity contribution in [2.45, 2.75) is 19.4 Å². The number of carbonyl (C=O) groups is 1. The maximum atomic E-state index is 11.9. The number of nitrogens with zero attached hydrogens (tertiary/aromatic N) is 1. The van der Waals surface area contributed by atoms with Crippen molar-refractivity contribution in [2.75, 3.05) is 5.32 Å². The quantitative estimate of drug-likeness (QED) is 0.700. The summed E-state index contributed by atoms with van der Waals surface area (Å²) in [6.45, 7) is 1.86. The number of nitrogens with two attached hydrogens (primary N) is 1. The number of anilines is 1. The molecule has 3 aromatic rings. The van der Waals surface area contributed by atoms with E-state index in [1.807, 2.05) is 61.5 Å². The van der Waals surface area contributed by atoms with Crippen LogP contribution in [-0.2, 0) is 4.79 Å². The van der Waals surface area contributed by atoms with Gasteiger partial charge >= 0.3 is 0 Å². The minimum atomic E-state index is -0.555. The van der Waals surface area contributed by atoms with Crippen LogP contribution in [0.4, 0.5) is 5.82 Å². The zero-order chi connectivity index (χ0) is 18.4. The number of benzene rings is 2. The Morgan fingerprint density at radius 1 is 1.04 bits per heavy atom. The lowest BCUT2D eigenvalue weighted by atomic mass is 10.1. The Balaban J connectivity index is 1.82. The minimum absolute atomic E-state index is 0.262. The second kappa shape index (κ2) is 8.27. The molecule has 0 spiro atoms. The molecule has 0 aliphatic heterocycles. The van der Waals surface area contributed by atoms with Crippen LogP contribution in [0.2, 0.25) is 0 Å². The largest absolute Gasteiger partial charge is 0.438 e. The first-order chi connectivity index (χ1) is 12.7. The number of hydrogen-bond acceptors (Lipinski definition) is 4. The molecule has 132 valence electrons. The zero-order valence-electron chi connectivity index (χ0n) is 14.6. The lowest BCUT2D eigenvalue weighted by Crippen LogP contribution is -2.35. The van der Waals surface area contributed by atoms with Crippen molar-refractivity contribution in [3.63, 3.8) is 0 Å². The highest BCUT2D eigenvalue weighted by Crippen LogP contribution is 2.32. The summed E-state index contributed by atoms with van der Waals surface area (Å²) in [5, 5.41) is 2.71. The SMILES string of the molecule is CC[C@@H](N)C(=O)Nc1cccc(Oc2ccccc2-c2ccccc2)n1. The summed E-state index contributed by atoms with van der Waals surface area (Å²) >= 11 is 0. The van der Waals surface area contributed by atoms with Gasteiger partial charge in [-0.3, -0.25) is 4.79 Å². The van der Waals surface area contributed by atoms with Crippen LogP contribution in [0.1, 0.15) is 13.3 Å². The van der Waals surface area contributed by atoms with E-state index in [1.165, 1.54) is 0 Å². The van der Waals surface area contributed by atoms with Crippen molar-refractivity contribution in [1.29, 1.82) is 0 Å². The van der Waals surface area contributed by atoms with Crippen molar-refractivity contribution >= 4 is 11.7 Å². The fourth-order valence-electron chi connectivity index (χ4n) is 2.47. The van der Waals surface area contributed by atoms with Gasteiger partial charge in [0.1, 0.15) is 11.6 Å². The molecule has 0 radical (unpaired) electrons. The van der Waals surface area contributed by atoms with Gasteiger partial charge in [0.25, 0.3) is 0 Å². The second-order valence-corrected chi connectivity index (χ2v) is 5.83. The molecule has 5 nitrogen and oxygen atoms in total. The first kappa shape index (κ1) is 17.6. The number of ether oxygens (including phenoxy) is 1. The number of aromatic nitrogens is 1. The number of hydrogen-bond donors (Lipinski definition) is 2. The van der Waals surface area contributed by atoms with E-state index in [0.29, 0.717) is 23.9 Å². The van der Waals surface area contributed by atoms with E-state index in [4.69, 9.17) is 10.5 Å². The van der Waals surface area contributed by atoms with Gasteiger partial charge in [-0.25, -0.2) is 0 Å². The number of amides is 1. The van der Waals surface area contributed by atoms with E-state index in [-0.39, 0.29) is 5.91 Å². The van der Waals surface area contributed by atoms with Crippen molar-refractivity contribution < 1.29 is 9.53 Å². The van der Waals surface area contributed by atoms with Gasteiger partial charge in [0.15, 0.2) is 0 Å². The van der Waals surface area contributed by atoms with Crippen LogP contribution in [0, 0.1) is 0 Å². The smallest absolute Gasteiger partial charge is 0.242 e. The predicted molar refractivity (Wildman–Crippen MR) is 103 cm³/mol. The molecule has 3 N–H and O–H groups in total. The van der Waals surface area contributed by atoms with E-state index < -0.39 is 6.04 Å². The topological polar surface area (TPSA) is 77.2 Å². The fraction of sp³-hybridized carbons (Fsp3) is 0.143. The van der Waals surface area contributed by atoms with Gasteiger partial charge in [-0.1, -0.05) is 61.5 Å². The van der Waals surface area contributed by atoms with E-state index in [1.54, 1.807) is 18.2 Å². The van der Waals surface area contributed by atoms with Crippen LogP contribution in [0.25, 0.3) is 11.1 Å². The molecule has 1 heterocycles. The lowest BCUT2D eigenvalue weighted by molar-refractivity contribution is -0.117. The lowest BCUT2D eigenvalue weighted by Gasteiger charge is -2.12. The first-order valence-corrected chi connectivity index (χ1v) is 8.53. The Morgan fingerprint density at radius 2 is 1.77 bits per heavy atom. The van der Waals surface area contributed by atoms with Crippen LogP contribution in [0.15, 0.2) is 72.8 Å². The summed E-state index contributed by atoms with van der Waals surface area (Å²) in [5.74, 6) is 1.24. The average Bonchev–Trinajstić information content (AvgIpc) is 2.68. The third kappa shape index (κ3) is 4.26. The van der Waals surface area contributed by atoms with Gasteiger partial charge in [-0.2, -0.15) is 4.98 Å². The molecular weight excluding hydrogens is 326 g/mol. The van der Waals surface area contributed by atoms with Crippen LogP contribution >= 0.6 is 0 Å². The van der Waals surface area contributed by atoms with Crippen LogP contribution in [-0.4, -0.2) is 16.9 Å². The molecule has 0 aliphatic carbocycles. The Bertz CT molecular complexity index is 881. The molecule has 0 unspecified atom stereocenters. The Hall–Kier alpha value is -3.18. The number of pyridine rings is 1. The van der Waals surface area contributed by atoms with Gasteiger partial charge < -0.3 is 15.8 Å². The maximum absolute atomic E-state index is 11.9. The number of carbonyl (C=O) groups excluding carboxylic acids is 1. The molecule has 5 heteroatoms. The monoisotopic (exact) mass is 347 g/mol. The van der Waals surface area contributed by atoms with Crippen molar-refractivity contribution in [1.82, 2.24) is 4.98 Å². The standard InChI is InChI=1S/C21H21N3O2/c1-2-17(22)21(25)24-19-13-8-14-20(23-19)26-18-12-7-6-11-16(18)15-9-4-3-5-10-15/h3-14,17H,2,22H2,1H3,(H,23,24,25)/t17-/m1/s1. The Labute approximate surface area is 152 Å². The van der Waals surface area contributed by atoms with Gasteiger partial charge in [-0.15, -0.1) is 0 Å². The van der Waals surface area contributed by atoms with Gasteiger partial charge in [0.2, 0.25) is 11.8 Å². The molecule has 0 aliphatic rings. The second-order valence-electron chi connectivity index (χ2n) is 5.83. The first-order valence-electron chi connectivity index (χ1n) is 8.53. The number of nitrogens with one attached hydrogen (secondary N) is 1. The molecule has 2 aromatic carbocycles. The number of para-hydroxylation sites is 1. The predicted octanol–water partition coefficient (Wildman–Crippen LogP) is 4.22. The third-order valence-electron chi connectivity index (χ3n) is 3.94. The third-order valence-corrected chi connectivity index (χ3v) is 3.94. The number of rotatable bonds is 6. The highest BCUT2D eigenvalue weighted by Gasteiger charge is 2.12. The normalized spacial score (nSPS) is 11.6. The summed E-state index contributed by atoms with van der Waals surface area (Å²) in [7, 11) is 0. The minimum Gasteiger partial charge on any atom is -0.438 e. The fourth-order valence-corrected chi connectivity index (χ4v) is 2.47. The molecule has 1 atom stereocenters. The van der Waals surface area contributed by atoms with Crippen LogP contribution in [0.5, 0.6) is 11.6 Å². The summed E-state index contributed by atoms with van der Waals surface area (Å²) in [6.07, 6.45) is 0.562. The summed E-state index contributed by atoms with van der Waals surface area (Å²) in [4.78, 5) is 16.3. The van der Waals surface area contributed by atoms with Gasteiger partial charge in [-0.05, 0) is 24.1 Å². The van der Waals surface area contributed by atoms with Gasteiger partial charge in [0, 0.05) is 11.6 Å². The van der Waals surface area contributed by atoms with Crippen LogP contribution < -0.4 is 15.8 Å². The molecule has 0 saturated carbocycles. The van der Waals surface area contributed by atoms with Crippen LogP contribution in [0.3, 0.4) is 0 Å². The Morgan fingerprint density at radius 3 is 2.54 bits per heavy atom. The van der Waals surface area contributed by atoms with Gasteiger partial charge in [0.05, 0.1) is 6.04 Å². The molecule has 1 aromatic heterocycles. The summed E-state index contributed by atoms with van der Waals surface area (Å²) in [5.41, 5.74) is 7.77. The highest BCUT2D eigenvalue weighted by atomic mass is 16.5. The molecule has 3 rings (SSSR count). The molecular formula is C21H21N3O2. The molecule has 0 bridgehead atoms.